The maximum atomic E-state index is 11.4. The number of anilines is 1. The topological polar surface area (TPSA) is 74.4 Å². The van der Waals surface area contributed by atoms with Gasteiger partial charge in [-0.2, -0.15) is 0 Å². The zero-order valence-corrected chi connectivity index (χ0v) is 10.2. The molecule has 0 saturated carbocycles. The smallest absolute Gasteiger partial charge is 0.311 e. The van der Waals surface area contributed by atoms with Gasteiger partial charge in [0.25, 0.3) is 0 Å². The Morgan fingerprint density at radius 1 is 1.41 bits per heavy atom. The number of ether oxygens (including phenoxy) is 2. The second kappa shape index (κ2) is 6.85. The molecule has 17 heavy (non-hydrogen) atoms. The SMILES string of the molecule is CC(C)OCCOC(=O)Cc1ccc(N)cn1. The molecule has 1 aromatic heterocycles. The number of nitrogens with two attached hydrogens (primary N) is 1. The van der Waals surface area contributed by atoms with Crippen LogP contribution in [-0.4, -0.2) is 30.3 Å². The zero-order valence-electron chi connectivity index (χ0n) is 10.2. The highest BCUT2D eigenvalue weighted by Crippen LogP contribution is 2.02. The van der Waals surface area contributed by atoms with Crippen molar-refractivity contribution in [3.05, 3.63) is 24.0 Å². The standard InChI is InChI=1S/C12H18N2O3/c1-9(2)16-5-6-17-12(15)7-11-4-3-10(13)8-14-11/h3-4,8-9H,5-7,13H2,1-2H3. The number of hydrogen-bond acceptors (Lipinski definition) is 5. The Morgan fingerprint density at radius 2 is 2.18 bits per heavy atom. The Kier molecular flexibility index (Phi) is 5.42. The molecule has 0 fully saturated rings. The Morgan fingerprint density at radius 3 is 2.76 bits per heavy atom. The number of rotatable bonds is 6. The highest BCUT2D eigenvalue weighted by atomic mass is 16.6. The average molecular weight is 238 g/mol. The number of pyridine rings is 1. The van der Waals surface area contributed by atoms with Gasteiger partial charge in [0.2, 0.25) is 0 Å². The van der Waals surface area contributed by atoms with Crippen molar-refractivity contribution in [2.45, 2.75) is 26.4 Å². The summed E-state index contributed by atoms with van der Waals surface area (Å²) in [5, 5.41) is 0. The van der Waals surface area contributed by atoms with E-state index in [9.17, 15) is 4.79 Å². The molecule has 5 heteroatoms. The van der Waals surface area contributed by atoms with E-state index in [0.717, 1.165) is 0 Å². The molecular formula is C12H18N2O3. The molecule has 0 amide bonds. The molecule has 94 valence electrons. The van der Waals surface area contributed by atoms with Crippen LogP contribution in [0.3, 0.4) is 0 Å². The first kappa shape index (κ1) is 13.4. The molecule has 0 spiro atoms. The maximum Gasteiger partial charge on any atom is 0.311 e. The molecule has 0 aliphatic carbocycles. The van der Waals surface area contributed by atoms with Gasteiger partial charge >= 0.3 is 5.97 Å². The second-order valence-electron chi connectivity index (χ2n) is 3.90. The van der Waals surface area contributed by atoms with E-state index in [2.05, 4.69) is 4.98 Å². The monoisotopic (exact) mass is 238 g/mol. The van der Waals surface area contributed by atoms with Gasteiger partial charge in [-0.3, -0.25) is 9.78 Å². The molecule has 0 atom stereocenters. The van der Waals surface area contributed by atoms with Gasteiger partial charge in [0, 0.05) is 0 Å². The van der Waals surface area contributed by atoms with Gasteiger partial charge < -0.3 is 15.2 Å². The minimum absolute atomic E-state index is 0.146. The van der Waals surface area contributed by atoms with Crippen LogP contribution >= 0.6 is 0 Å². The first-order valence-corrected chi connectivity index (χ1v) is 5.55. The van der Waals surface area contributed by atoms with Crippen molar-refractivity contribution in [2.75, 3.05) is 18.9 Å². The van der Waals surface area contributed by atoms with Crippen molar-refractivity contribution >= 4 is 11.7 Å². The van der Waals surface area contributed by atoms with E-state index in [0.29, 0.717) is 18.0 Å². The number of nitrogens with zero attached hydrogens (tertiary/aromatic N) is 1. The summed E-state index contributed by atoms with van der Waals surface area (Å²) in [5.74, 6) is -0.311. The lowest BCUT2D eigenvalue weighted by atomic mass is 10.2. The summed E-state index contributed by atoms with van der Waals surface area (Å²) in [6.07, 6.45) is 1.82. The fraction of sp³-hybridized carbons (Fsp3) is 0.500. The van der Waals surface area contributed by atoms with Crippen LogP contribution in [0.4, 0.5) is 5.69 Å². The van der Waals surface area contributed by atoms with E-state index < -0.39 is 0 Å². The Hall–Kier alpha value is -1.62. The number of carbonyl (C=O) groups is 1. The number of hydrogen-bond donors (Lipinski definition) is 1. The highest BCUT2D eigenvalue weighted by Gasteiger charge is 2.05. The van der Waals surface area contributed by atoms with Gasteiger partial charge in [-0.05, 0) is 26.0 Å². The van der Waals surface area contributed by atoms with Gasteiger partial charge in [0.05, 0.1) is 36.7 Å². The molecule has 0 saturated heterocycles. The van der Waals surface area contributed by atoms with Crippen LogP contribution in [-0.2, 0) is 20.7 Å². The number of nitrogen functional groups attached to an aromatic ring is 1. The molecule has 1 rings (SSSR count). The first-order chi connectivity index (χ1) is 8.08. The van der Waals surface area contributed by atoms with Crippen LogP contribution in [0.25, 0.3) is 0 Å². The van der Waals surface area contributed by atoms with E-state index >= 15 is 0 Å². The van der Waals surface area contributed by atoms with Crippen LogP contribution < -0.4 is 5.73 Å². The Labute approximate surface area is 101 Å². The molecule has 2 N–H and O–H groups in total. The van der Waals surface area contributed by atoms with Crippen LogP contribution in [0.5, 0.6) is 0 Å². The summed E-state index contributed by atoms with van der Waals surface area (Å²) in [6.45, 7) is 4.55. The molecule has 0 radical (unpaired) electrons. The number of carbonyl (C=O) groups excluding carboxylic acids is 1. The summed E-state index contributed by atoms with van der Waals surface area (Å²) in [4.78, 5) is 15.4. The summed E-state index contributed by atoms with van der Waals surface area (Å²) in [7, 11) is 0. The van der Waals surface area contributed by atoms with E-state index in [4.69, 9.17) is 15.2 Å². The van der Waals surface area contributed by atoms with Crippen molar-refractivity contribution in [3.63, 3.8) is 0 Å². The van der Waals surface area contributed by atoms with E-state index in [1.807, 2.05) is 13.8 Å². The molecule has 0 bridgehead atoms. The Bertz CT molecular complexity index is 349. The minimum Gasteiger partial charge on any atom is -0.463 e. The predicted molar refractivity (Wildman–Crippen MR) is 64.4 cm³/mol. The first-order valence-electron chi connectivity index (χ1n) is 5.55. The third-order valence-corrected chi connectivity index (χ3v) is 1.97. The van der Waals surface area contributed by atoms with Crippen molar-refractivity contribution in [2.24, 2.45) is 0 Å². The molecule has 0 aliphatic rings. The minimum atomic E-state index is -0.311. The lowest BCUT2D eigenvalue weighted by Crippen LogP contribution is -2.15. The average Bonchev–Trinajstić information content (AvgIpc) is 2.27. The van der Waals surface area contributed by atoms with Gasteiger partial charge in [-0.1, -0.05) is 0 Å². The van der Waals surface area contributed by atoms with Crippen LogP contribution in [0.1, 0.15) is 19.5 Å². The van der Waals surface area contributed by atoms with Gasteiger partial charge in [0.15, 0.2) is 0 Å². The number of aromatic nitrogens is 1. The van der Waals surface area contributed by atoms with Crippen molar-refractivity contribution in [1.29, 1.82) is 0 Å². The fourth-order valence-corrected chi connectivity index (χ4v) is 1.18. The Balaban J connectivity index is 2.23. The molecule has 0 unspecified atom stereocenters. The van der Waals surface area contributed by atoms with E-state index in [-0.39, 0.29) is 25.1 Å². The number of esters is 1. The van der Waals surface area contributed by atoms with E-state index in [1.54, 1.807) is 12.1 Å². The second-order valence-corrected chi connectivity index (χ2v) is 3.90. The third kappa shape index (κ3) is 5.87. The summed E-state index contributed by atoms with van der Waals surface area (Å²) >= 11 is 0. The summed E-state index contributed by atoms with van der Waals surface area (Å²) < 4.78 is 10.2. The fourth-order valence-electron chi connectivity index (χ4n) is 1.18. The quantitative estimate of drug-likeness (QED) is 0.595. The van der Waals surface area contributed by atoms with Crippen molar-refractivity contribution in [3.8, 4) is 0 Å². The molecular weight excluding hydrogens is 220 g/mol. The van der Waals surface area contributed by atoms with Gasteiger partial charge in [-0.25, -0.2) is 0 Å². The highest BCUT2D eigenvalue weighted by molar-refractivity contribution is 5.72. The summed E-state index contributed by atoms with van der Waals surface area (Å²) in [6, 6.07) is 3.42. The lowest BCUT2D eigenvalue weighted by Gasteiger charge is -2.08. The largest absolute Gasteiger partial charge is 0.463 e. The molecule has 0 aliphatic heterocycles. The maximum absolute atomic E-state index is 11.4. The molecule has 0 aromatic carbocycles. The van der Waals surface area contributed by atoms with E-state index in [1.165, 1.54) is 6.20 Å². The lowest BCUT2D eigenvalue weighted by molar-refractivity contribution is -0.144. The van der Waals surface area contributed by atoms with Crippen molar-refractivity contribution in [1.82, 2.24) is 4.98 Å². The van der Waals surface area contributed by atoms with Gasteiger partial charge in [0.1, 0.15) is 6.61 Å². The zero-order chi connectivity index (χ0) is 12.7. The molecule has 5 nitrogen and oxygen atoms in total. The van der Waals surface area contributed by atoms with Gasteiger partial charge in [-0.15, -0.1) is 0 Å². The molecule has 1 heterocycles. The molecule has 1 aromatic rings. The normalized spacial score (nSPS) is 10.5. The third-order valence-electron chi connectivity index (χ3n) is 1.97. The van der Waals surface area contributed by atoms with Crippen LogP contribution in [0, 0.1) is 0 Å². The predicted octanol–water partition coefficient (Wildman–Crippen LogP) is 1.17. The van der Waals surface area contributed by atoms with Crippen molar-refractivity contribution < 1.29 is 14.3 Å². The van der Waals surface area contributed by atoms with Crippen LogP contribution in [0.15, 0.2) is 18.3 Å². The summed E-state index contributed by atoms with van der Waals surface area (Å²) in [5.41, 5.74) is 6.71. The van der Waals surface area contributed by atoms with Crippen LogP contribution in [0.2, 0.25) is 0 Å².